The van der Waals surface area contributed by atoms with Gasteiger partial charge in [-0.3, -0.25) is 4.57 Å². The van der Waals surface area contributed by atoms with Crippen molar-refractivity contribution >= 4 is 87.2 Å². The van der Waals surface area contributed by atoms with Crippen LogP contribution in [-0.2, 0) is 0 Å². The Morgan fingerprint density at radius 3 is 1.77 bits per heavy atom. The smallest absolute Gasteiger partial charge is 0.238 e. The molecular weight excluding hydrogens is 761 g/mol. The molecule has 0 aliphatic carbocycles. The summed E-state index contributed by atoms with van der Waals surface area (Å²) in [6, 6.07) is 63.3. The number of rotatable bonds is 4. The fourth-order valence-corrected chi connectivity index (χ4v) is 9.14. The molecule has 0 saturated carbocycles. The number of aromatic nitrogens is 4. The quantitative estimate of drug-likeness (QED) is 0.177. The number of fused-ring (bicyclic) bond motifs is 12. The van der Waals surface area contributed by atoms with E-state index >= 15 is 0 Å². The second-order valence-electron chi connectivity index (χ2n) is 15.9. The summed E-state index contributed by atoms with van der Waals surface area (Å²) in [5.41, 5.74) is 9.06. The molecule has 0 unspecified atom stereocenters. The van der Waals surface area contributed by atoms with Crippen LogP contribution in [0.3, 0.4) is 0 Å². The Hall–Kier alpha value is -8.09. The molecule has 13 rings (SSSR count). The van der Waals surface area contributed by atoms with Gasteiger partial charge in [-0.1, -0.05) is 166 Å². The molecule has 13 aromatic rings. The fraction of sp³-hybridized carbons (Fsp3) is 0.0536. The Balaban J connectivity index is 0.00000133. The largest absolute Gasteiger partial charge is 0.456 e. The molecule has 0 atom stereocenters. The molecular formula is C56H38N4O2. The number of para-hydroxylation sites is 4. The highest BCUT2D eigenvalue weighted by Crippen LogP contribution is 2.44. The minimum atomic E-state index is 0.516. The third kappa shape index (κ3) is 5.61. The third-order valence-corrected chi connectivity index (χ3v) is 11.8. The van der Waals surface area contributed by atoms with E-state index in [9.17, 15) is 0 Å². The Bertz CT molecular complexity index is 3890. The monoisotopic (exact) mass is 798 g/mol. The van der Waals surface area contributed by atoms with Gasteiger partial charge in [0.05, 0.1) is 11.0 Å². The predicted molar refractivity (Wildman–Crippen MR) is 256 cm³/mol. The molecule has 4 aromatic heterocycles. The van der Waals surface area contributed by atoms with E-state index in [1.807, 2.05) is 36.4 Å². The summed E-state index contributed by atoms with van der Waals surface area (Å²) in [6.07, 6.45) is 1.25. The average molecular weight is 799 g/mol. The SMILES string of the molecule is CCC.c1ccc2cc(-c3nc(-c4ccc5c(c4)oc4ccccc45)nc(-n4c5ccc6ccccc6c5c5cccc(-c6cccc7c6oc6ccccc67)c54)n3)ccc2c1. The van der Waals surface area contributed by atoms with Crippen LogP contribution in [0.15, 0.2) is 191 Å². The summed E-state index contributed by atoms with van der Waals surface area (Å²) in [5.74, 6) is 1.64. The zero-order valence-corrected chi connectivity index (χ0v) is 34.1. The summed E-state index contributed by atoms with van der Waals surface area (Å²) in [4.78, 5) is 16.0. The maximum Gasteiger partial charge on any atom is 0.238 e. The number of hydrogen-bond acceptors (Lipinski definition) is 5. The van der Waals surface area contributed by atoms with Gasteiger partial charge in [-0.15, -0.1) is 0 Å². The summed E-state index contributed by atoms with van der Waals surface area (Å²) < 4.78 is 15.3. The molecule has 0 radical (unpaired) electrons. The minimum absolute atomic E-state index is 0.516. The van der Waals surface area contributed by atoms with Gasteiger partial charge in [0.25, 0.3) is 0 Å². The predicted octanol–water partition coefficient (Wildman–Crippen LogP) is 15.5. The Morgan fingerprint density at radius 1 is 0.419 bits per heavy atom. The van der Waals surface area contributed by atoms with E-state index in [1.165, 1.54) is 6.42 Å². The summed E-state index contributed by atoms with van der Waals surface area (Å²) >= 11 is 0. The first-order valence-corrected chi connectivity index (χ1v) is 21.2. The molecule has 0 saturated heterocycles. The van der Waals surface area contributed by atoms with Gasteiger partial charge in [0.2, 0.25) is 5.95 Å². The molecule has 294 valence electrons. The lowest BCUT2D eigenvalue weighted by molar-refractivity contribution is 0.669. The summed E-state index contributed by atoms with van der Waals surface area (Å²) in [5, 5.41) is 11.1. The molecule has 0 fully saturated rings. The van der Waals surface area contributed by atoms with Crippen molar-refractivity contribution in [1.82, 2.24) is 19.5 Å². The minimum Gasteiger partial charge on any atom is -0.456 e. The summed E-state index contributed by atoms with van der Waals surface area (Å²) in [7, 11) is 0. The van der Waals surface area contributed by atoms with Crippen molar-refractivity contribution in [3.63, 3.8) is 0 Å². The van der Waals surface area contributed by atoms with Crippen LogP contribution < -0.4 is 0 Å². The van der Waals surface area contributed by atoms with E-state index in [2.05, 4.69) is 164 Å². The highest BCUT2D eigenvalue weighted by Gasteiger charge is 2.24. The van der Waals surface area contributed by atoms with Crippen LogP contribution in [0.4, 0.5) is 0 Å². The highest BCUT2D eigenvalue weighted by molar-refractivity contribution is 6.24. The van der Waals surface area contributed by atoms with Crippen molar-refractivity contribution in [2.45, 2.75) is 20.3 Å². The second-order valence-corrected chi connectivity index (χ2v) is 15.9. The van der Waals surface area contributed by atoms with Crippen molar-refractivity contribution in [2.24, 2.45) is 0 Å². The van der Waals surface area contributed by atoms with Crippen molar-refractivity contribution in [2.75, 3.05) is 0 Å². The van der Waals surface area contributed by atoms with Crippen molar-refractivity contribution in [3.05, 3.63) is 182 Å². The zero-order valence-electron chi connectivity index (χ0n) is 34.1. The van der Waals surface area contributed by atoms with Crippen LogP contribution in [0.25, 0.3) is 127 Å². The molecule has 9 aromatic carbocycles. The van der Waals surface area contributed by atoms with Gasteiger partial charge in [0, 0.05) is 54.6 Å². The molecule has 6 heteroatoms. The Labute approximate surface area is 356 Å². The van der Waals surface area contributed by atoms with Crippen LogP contribution in [0, 0.1) is 0 Å². The molecule has 4 heterocycles. The topological polar surface area (TPSA) is 69.9 Å². The van der Waals surface area contributed by atoms with Crippen molar-refractivity contribution in [3.8, 4) is 39.9 Å². The van der Waals surface area contributed by atoms with E-state index < -0.39 is 0 Å². The van der Waals surface area contributed by atoms with E-state index in [0.29, 0.717) is 17.6 Å². The molecule has 0 amide bonds. The first kappa shape index (κ1) is 35.8. The maximum absolute atomic E-state index is 6.66. The number of furan rings is 2. The number of benzene rings is 9. The molecule has 6 nitrogen and oxygen atoms in total. The summed E-state index contributed by atoms with van der Waals surface area (Å²) in [6.45, 7) is 4.25. The van der Waals surface area contributed by atoms with Gasteiger partial charge in [-0.05, 0) is 57.9 Å². The molecule has 0 aliphatic heterocycles. The van der Waals surface area contributed by atoms with E-state index in [-0.39, 0.29) is 0 Å². The number of hydrogen-bond donors (Lipinski definition) is 0. The van der Waals surface area contributed by atoms with Gasteiger partial charge in [0.1, 0.15) is 22.3 Å². The van der Waals surface area contributed by atoms with Gasteiger partial charge in [-0.2, -0.15) is 9.97 Å². The van der Waals surface area contributed by atoms with Crippen LogP contribution >= 0.6 is 0 Å². The standard InChI is InChI=1S/C53H30N4O2.C3H8/c1-2-13-33-29-34(24-23-31(33)11-1)51-54-52(35-25-27-39-37-15-5-7-21-45(37)58-47(39)30-35)56-53(55-51)57-44-28-26-32-12-3-4-14-36(32)48(44)43-20-9-17-40(49(43)57)42-19-10-18-41-38-16-6-8-22-46(38)59-50(41)42;1-3-2/h1-30H;3H2,1-2H3. The normalized spacial score (nSPS) is 11.8. The van der Waals surface area contributed by atoms with Crippen LogP contribution in [-0.4, -0.2) is 19.5 Å². The first-order valence-electron chi connectivity index (χ1n) is 21.2. The first-order chi connectivity index (χ1) is 30.6. The lowest BCUT2D eigenvalue weighted by atomic mass is 9.98. The average Bonchev–Trinajstić information content (AvgIpc) is 4.01. The van der Waals surface area contributed by atoms with Gasteiger partial charge < -0.3 is 8.83 Å². The highest BCUT2D eigenvalue weighted by atomic mass is 16.3. The Kier molecular flexibility index (Phi) is 8.25. The third-order valence-electron chi connectivity index (χ3n) is 11.8. The van der Waals surface area contributed by atoms with Gasteiger partial charge in [-0.25, -0.2) is 4.98 Å². The molecule has 0 aliphatic rings. The molecule has 0 N–H and O–H groups in total. The van der Waals surface area contributed by atoms with Gasteiger partial charge in [0.15, 0.2) is 11.6 Å². The van der Waals surface area contributed by atoms with Crippen LogP contribution in [0.2, 0.25) is 0 Å². The van der Waals surface area contributed by atoms with E-state index in [1.54, 1.807) is 0 Å². The van der Waals surface area contributed by atoms with Crippen LogP contribution in [0.5, 0.6) is 0 Å². The van der Waals surface area contributed by atoms with E-state index in [0.717, 1.165) is 109 Å². The number of nitrogens with zero attached hydrogens (tertiary/aromatic N) is 4. The van der Waals surface area contributed by atoms with Crippen LogP contribution in [0.1, 0.15) is 20.3 Å². The molecule has 0 bridgehead atoms. The van der Waals surface area contributed by atoms with Gasteiger partial charge >= 0.3 is 0 Å². The van der Waals surface area contributed by atoms with Crippen molar-refractivity contribution in [1.29, 1.82) is 0 Å². The zero-order chi connectivity index (χ0) is 41.3. The maximum atomic E-state index is 6.66. The lowest BCUT2D eigenvalue weighted by Crippen LogP contribution is -2.07. The van der Waals surface area contributed by atoms with Crippen molar-refractivity contribution < 1.29 is 8.83 Å². The second kappa shape index (κ2) is 14.3. The fourth-order valence-electron chi connectivity index (χ4n) is 9.14. The Morgan fingerprint density at radius 2 is 0.984 bits per heavy atom. The molecule has 62 heavy (non-hydrogen) atoms. The van der Waals surface area contributed by atoms with E-state index in [4.69, 9.17) is 23.8 Å². The molecule has 0 spiro atoms. The lowest BCUT2D eigenvalue weighted by Gasteiger charge is -2.13.